The standard InChI is InChI=1S/C26H26Cl2N4O3/c1-15(2)35-23-8-7-18(12-21(23)28)26(34)30-20(9-10-33)11-16-3-5-17(6-4-16)24-31-22-13-19(27)14-29-25(22)32-24/h3-8,12-15,20,33H,9-11H2,1-2H3,(H,30,34)(H,29,31,32). The van der Waals surface area contributed by atoms with Crippen molar-refractivity contribution >= 4 is 40.3 Å². The van der Waals surface area contributed by atoms with Crippen LogP contribution in [0.25, 0.3) is 22.6 Å². The van der Waals surface area contributed by atoms with Gasteiger partial charge in [-0.1, -0.05) is 47.5 Å². The normalized spacial score (nSPS) is 12.2. The van der Waals surface area contributed by atoms with Crippen LogP contribution in [0, 0.1) is 0 Å². The number of hydrogen-bond acceptors (Lipinski definition) is 5. The van der Waals surface area contributed by atoms with Crippen LogP contribution >= 0.6 is 23.2 Å². The summed E-state index contributed by atoms with van der Waals surface area (Å²) in [7, 11) is 0. The quantitative estimate of drug-likeness (QED) is 0.277. The smallest absolute Gasteiger partial charge is 0.251 e. The number of carbonyl (C=O) groups is 1. The van der Waals surface area contributed by atoms with Gasteiger partial charge in [0.1, 0.15) is 11.6 Å². The molecule has 4 rings (SSSR count). The zero-order valence-corrected chi connectivity index (χ0v) is 20.9. The number of nitrogens with one attached hydrogen (secondary N) is 2. The van der Waals surface area contributed by atoms with E-state index in [4.69, 9.17) is 27.9 Å². The number of rotatable bonds is 9. The zero-order valence-electron chi connectivity index (χ0n) is 19.4. The predicted molar refractivity (Wildman–Crippen MR) is 138 cm³/mol. The van der Waals surface area contributed by atoms with Crippen molar-refractivity contribution in [2.75, 3.05) is 6.61 Å². The first-order valence-corrected chi connectivity index (χ1v) is 12.1. The molecule has 2 heterocycles. The number of ether oxygens (including phenoxy) is 1. The maximum absolute atomic E-state index is 12.8. The third-order valence-corrected chi connectivity index (χ3v) is 5.89. The number of amides is 1. The highest BCUT2D eigenvalue weighted by atomic mass is 35.5. The van der Waals surface area contributed by atoms with Gasteiger partial charge in [0.25, 0.3) is 5.91 Å². The maximum Gasteiger partial charge on any atom is 0.251 e. The Kier molecular flexibility index (Phi) is 7.90. The molecule has 0 saturated carbocycles. The number of aliphatic hydroxyl groups is 1. The molecule has 2 aromatic carbocycles. The third-order valence-electron chi connectivity index (χ3n) is 5.38. The Bertz CT molecular complexity index is 1320. The summed E-state index contributed by atoms with van der Waals surface area (Å²) in [5.74, 6) is 0.975. The van der Waals surface area contributed by atoms with Crippen LogP contribution in [0.15, 0.2) is 54.7 Å². The molecule has 7 nitrogen and oxygen atoms in total. The average molecular weight is 513 g/mol. The number of H-pyrrole nitrogens is 1. The Morgan fingerprint density at radius 1 is 1.14 bits per heavy atom. The number of aromatic amines is 1. The summed E-state index contributed by atoms with van der Waals surface area (Å²) >= 11 is 12.3. The average Bonchev–Trinajstić information content (AvgIpc) is 3.24. The van der Waals surface area contributed by atoms with E-state index in [0.717, 1.165) is 16.6 Å². The molecule has 2 aromatic heterocycles. The summed E-state index contributed by atoms with van der Waals surface area (Å²) < 4.78 is 5.63. The fourth-order valence-electron chi connectivity index (χ4n) is 3.74. The van der Waals surface area contributed by atoms with E-state index < -0.39 is 0 Å². The van der Waals surface area contributed by atoms with Crippen LogP contribution < -0.4 is 10.1 Å². The number of carbonyl (C=O) groups excluding carboxylic acids is 1. The van der Waals surface area contributed by atoms with Crippen LogP contribution in [0.1, 0.15) is 36.2 Å². The summed E-state index contributed by atoms with van der Waals surface area (Å²) in [6, 6.07) is 14.4. The van der Waals surface area contributed by atoms with Crippen molar-refractivity contribution in [1.29, 1.82) is 0 Å². The molecule has 3 N–H and O–H groups in total. The van der Waals surface area contributed by atoms with E-state index in [1.54, 1.807) is 30.5 Å². The molecule has 1 atom stereocenters. The van der Waals surface area contributed by atoms with E-state index in [9.17, 15) is 9.90 Å². The van der Waals surface area contributed by atoms with Gasteiger partial charge in [-0.05, 0) is 56.5 Å². The van der Waals surface area contributed by atoms with Crippen LogP contribution in [0.5, 0.6) is 5.75 Å². The molecule has 1 amide bonds. The number of halogens is 2. The molecular formula is C26H26Cl2N4O3. The molecule has 182 valence electrons. The number of benzene rings is 2. The lowest BCUT2D eigenvalue weighted by molar-refractivity contribution is 0.0930. The minimum absolute atomic E-state index is 0.0190. The Morgan fingerprint density at radius 2 is 1.91 bits per heavy atom. The van der Waals surface area contributed by atoms with Crippen molar-refractivity contribution in [3.8, 4) is 17.1 Å². The fourth-order valence-corrected chi connectivity index (χ4v) is 4.12. The molecule has 0 aliphatic carbocycles. The molecule has 35 heavy (non-hydrogen) atoms. The fraction of sp³-hybridized carbons (Fsp3) is 0.269. The van der Waals surface area contributed by atoms with Gasteiger partial charge < -0.3 is 20.1 Å². The van der Waals surface area contributed by atoms with Crippen LogP contribution in [0.4, 0.5) is 0 Å². The number of aliphatic hydroxyl groups excluding tert-OH is 1. The minimum atomic E-state index is -0.258. The van der Waals surface area contributed by atoms with Gasteiger partial charge in [-0.3, -0.25) is 4.79 Å². The van der Waals surface area contributed by atoms with Crippen molar-refractivity contribution in [2.45, 2.75) is 38.8 Å². The first kappa shape index (κ1) is 25.0. The van der Waals surface area contributed by atoms with Crippen molar-refractivity contribution in [2.24, 2.45) is 0 Å². The van der Waals surface area contributed by atoms with E-state index in [1.165, 1.54) is 0 Å². The van der Waals surface area contributed by atoms with Crippen molar-refractivity contribution < 1.29 is 14.6 Å². The maximum atomic E-state index is 12.8. The van der Waals surface area contributed by atoms with Crippen molar-refractivity contribution in [1.82, 2.24) is 20.3 Å². The second-order valence-electron chi connectivity index (χ2n) is 8.51. The summed E-state index contributed by atoms with van der Waals surface area (Å²) in [4.78, 5) is 24.8. The summed E-state index contributed by atoms with van der Waals surface area (Å²) in [6.07, 6.45) is 2.53. The van der Waals surface area contributed by atoms with Crippen LogP contribution in [0.2, 0.25) is 10.0 Å². The molecule has 1 unspecified atom stereocenters. The lowest BCUT2D eigenvalue weighted by Crippen LogP contribution is -2.37. The molecule has 0 spiro atoms. The largest absolute Gasteiger partial charge is 0.489 e. The summed E-state index contributed by atoms with van der Waals surface area (Å²) in [5, 5.41) is 13.5. The monoisotopic (exact) mass is 512 g/mol. The van der Waals surface area contributed by atoms with E-state index >= 15 is 0 Å². The number of aromatic nitrogens is 3. The number of fused-ring (bicyclic) bond motifs is 1. The predicted octanol–water partition coefficient (Wildman–Crippen LogP) is 5.44. The van der Waals surface area contributed by atoms with E-state index in [-0.39, 0.29) is 24.7 Å². The van der Waals surface area contributed by atoms with Crippen molar-refractivity contribution in [3.05, 3.63) is 75.9 Å². The Labute approximate surface area is 213 Å². The molecule has 0 radical (unpaired) electrons. The summed E-state index contributed by atoms with van der Waals surface area (Å²) in [5.41, 5.74) is 3.73. The molecular weight excluding hydrogens is 487 g/mol. The van der Waals surface area contributed by atoms with E-state index in [2.05, 4.69) is 20.3 Å². The highest BCUT2D eigenvalue weighted by molar-refractivity contribution is 6.32. The molecule has 9 heteroatoms. The first-order valence-electron chi connectivity index (χ1n) is 11.3. The van der Waals surface area contributed by atoms with Crippen LogP contribution in [-0.4, -0.2) is 44.7 Å². The topological polar surface area (TPSA) is 100 Å². The Balaban J connectivity index is 1.44. The van der Waals surface area contributed by atoms with Gasteiger partial charge in [0.05, 0.1) is 21.7 Å². The highest BCUT2D eigenvalue weighted by Crippen LogP contribution is 2.27. The second kappa shape index (κ2) is 11.1. The molecule has 0 bridgehead atoms. The third kappa shape index (κ3) is 6.31. The lowest BCUT2D eigenvalue weighted by atomic mass is 10.0. The van der Waals surface area contributed by atoms with Crippen molar-refractivity contribution in [3.63, 3.8) is 0 Å². The Hall–Kier alpha value is -3.13. The molecule has 0 aliphatic heterocycles. The molecule has 4 aromatic rings. The molecule has 0 fully saturated rings. The van der Waals surface area contributed by atoms with Gasteiger partial charge in [0.2, 0.25) is 0 Å². The van der Waals surface area contributed by atoms with Crippen LogP contribution in [-0.2, 0) is 6.42 Å². The van der Waals surface area contributed by atoms with Gasteiger partial charge in [-0.2, -0.15) is 0 Å². The second-order valence-corrected chi connectivity index (χ2v) is 9.35. The molecule has 0 aliphatic rings. The SMILES string of the molecule is CC(C)Oc1ccc(C(=O)NC(CCO)Cc2ccc(-c3nc4ncc(Cl)cc4[nH]3)cc2)cc1Cl. The van der Waals surface area contributed by atoms with Crippen LogP contribution in [0.3, 0.4) is 0 Å². The van der Waals surface area contributed by atoms with Gasteiger partial charge in [-0.25, -0.2) is 9.97 Å². The number of hydrogen-bond donors (Lipinski definition) is 3. The lowest BCUT2D eigenvalue weighted by Gasteiger charge is -2.19. The van der Waals surface area contributed by atoms with Gasteiger partial charge in [0, 0.05) is 30.0 Å². The summed E-state index contributed by atoms with van der Waals surface area (Å²) in [6.45, 7) is 3.78. The molecule has 0 saturated heterocycles. The Morgan fingerprint density at radius 3 is 2.60 bits per heavy atom. The van der Waals surface area contributed by atoms with E-state index in [0.29, 0.717) is 45.7 Å². The zero-order chi connectivity index (χ0) is 24.9. The van der Waals surface area contributed by atoms with Gasteiger partial charge in [0.15, 0.2) is 5.65 Å². The van der Waals surface area contributed by atoms with E-state index in [1.807, 2.05) is 38.1 Å². The number of imidazole rings is 1. The first-order chi connectivity index (χ1) is 16.8. The van der Waals surface area contributed by atoms with Gasteiger partial charge >= 0.3 is 0 Å². The minimum Gasteiger partial charge on any atom is -0.489 e. The number of nitrogens with zero attached hydrogens (tertiary/aromatic N) is 2. The highest BCUT2D eigenvalue weighted by Gasteiger charge is 2.16. The number of pyridine rings is 1. The van der Waals surface area contributed by atoms with Gasteiger partial charge in [-0.15, -0.1) is 0 Å².